The van der Waals surface area contributed by atoms with Crippen molar-refractivity contribution in [2.45, 2.75) is 0 Å². The zero-order chi connectivity index (χ0) is 14.3. The van der Waals surface area contributed by atoms with E-state index >= 15 is 0 Å². The first-order chi connectivity index (χ1) is 10.4. The van der Waals surface area contributed by atoms with Gasteiger partial charge >= 0.3 is 0 Å². The molecular weight excluding hydrogens is 262 g/mol. The summed E-state index contributed by atoms with van der Waals surface area (Å²) in [6.07, 6.45) is 0. The Hall–Kier alpha value is -1.84. The van der Waals surface area contributed by atoms with Crippen LogP contribution in [0, 0.1) is 0 Å². The van der Waals surface area contributed by atoms with Gasteiger partial charge in [0.1, 0.15) is 12.4 Å². The fourth-order valence-corrected chi connectivity index (χ4v) is 2.51. The molecule has 21 heavy (non-hydrogen) atoms. The molecule has 0 atom stereocenters. The number of rotatable bonds is 5. The number of hydrogen-bond donors (Lipinski definition) is 0. The molecule has 0 saturated carbocycles. The number of nitrogens with zero attached hydrogens (tertiary/aromatic N) is 1. The second-order valence-corrected chi connectivity index (χ2v) is 5.20. The highest BCUT2D eigenvalue weighted by atomic mass is 16.5. The van der Waals surface area contributed by atoms with E-state index in [4.69, 9.17) is 9.47 Å². The van der Waals surface area contributed by atoms with E-state index in [-0.39, 0.29) is 0 Å². The Balaban J connectivity index is 1.56. The molecule has 110 valence electrons. The monoisotopic (exact) mass is 283 g/mol. The van der Waals surface area contributed by atoms with Crippen molar-refractivity contribution in [2.24, 2.45) is 0 Å². The third-order valence-electron chi connectivity index (χ3n) is 3.72. The van der Waals surface area contributed by atoms with Crippen molar-refractivity contribution in [3.8, 4) is 16.9 Å². The van der Waals surface area contributed by atoms with Crippen LogP contribution in [0.4, 0.5) is 0 Å². The van der Waals surface area contributed by atoms with Crippen molar-refractivity contribution in [3.05, 3.63) is 54.6 Å². The Morgan fingerprint density at radius 1 is 0.905 bits per heavy atom. The van der Waals surface area contributed by atoms with Crippen LogP contribution in [0.1, 0.15) is 0 Å². The summed E-state index contributed by atoms with van der Waals surface area (Å²) in [7, 11) is 0. The van der Waals surface area contributed by atoms with E-state index in [1.165, 1.54) is 11.1 Å². The highest BCUT2D eigenvalue weighted by Gasteiger charge is 2.09. The molecule has 0 amide bonds. The smallest absolute Gasteiger partial charge is 0.119 e. The van der Waals surface area contributed by atoms with Crippen molar-refractivity contribution in [1.29, 1.82) is 0 Å². The van der Waals surface area contributed by atoms with Gasteiger partial charge in [0.25, 0.3) is 0 Å². The minimum atomic E-state index is 0.720. The van der Waals surface area contributed by atoms with E-state index in [1.807, 2.05) is 18.2 Å². The molecule has 3 nitrogen and oxygen atoms in total. The van der Waals surface area contributed by atoms with Crippen molar-refractivity contribution in [2.75, 3.05) is 39.5 Å². The van der Waals surface area contributed by atoms with Gasteiger partial charge < -0.3 is 9.47 Å². The van der Waals surface area contributed by atoms with Crippen molar-refractivity contribution in [3.63, 3.8) is 0 Å². The van der Waals surface area contributed by atoms with Gasteiger partial charge in [-0.3, -0.25) is 4.90 Å². The van der Waals surface area contributed by atoms with Gasteiger partial charge in [-0.1, -0.05) is 42.5 Å². The summed E-state index contributed by atoms with van der Waals surface area (Å²) in [5.74, 6) is 0.935. The van der Waals surface area contributed by atoms with Crippen LogP contribution >= 0.6 is 0 Å². The minimum absolute atomic E-state index is 0.720. The third-order valence-corrected chi connectivity index (χ3v) is 3.72. The Morgan fingerprint density at radius 3 is 2.48 bits per heavy atom. The molecule has 0 N–H and O–H groups in total. The zero-order valence-corrected chi connectivity index (χ0v) is 12.2. The number of benzene rings is 2. The molecule has 0 aliphatic carbocycles. The summed E-state index contributed by atoms with van der Waals surface area (Å²) in [4.78, 5) is 2.38. The van der Waals surface area contributed by atoms with Crippen LogP contribution in [-0.4, -0.2) is 44.4 Å². The predicted octanol–water partition coefficient (Wildman–Crippen LogP) is 3.06. The largest absolute Gasteiger partial charge is 0.492 e. The Morgan fingerprint density at radius 2 is 1.67 bits per heavy atom. The second-order valence-electron chi connectivity index (χ2n) is 5.20. The maximum Gasteiger partial charge on any atom is 0.119 e. The molecule has 2 aromatic rings. The van der Waals surface area contributed by atoms with Gasteiger partial charge in [-0.2, -0.15) is 0 Å². The average molecular weight is 283 g/mol. The first kappa shape index (κ1) is 14.1. The van der Waals surface area contributed by atoms with E-state index < -0.39 is 0 Å². The van der Waals surface area contributed by atoms with E-state index in [9.17, 15) is 0 Å². The van der Waals surface area contributed by atoms with Gasteiger partial charge in [0.05, 0.1) is 13.2 Å². The summed E-state index contributed by atoms with van der Waals surface area (Å²) in [5, 5.41) is 0. The quantitative estimate of drug-likeness (QED) is 0.842. The molecule has 1 aliphatic heterocycles. The molecule has 0 unspecified atom stereocenters. The average Bonchev–Trinajstić information content (AvgIpc) is 2.57. The summed E-state index contributed by atoms with van der Waals surface area (Å²) in [6, 6.07) is 18.7. The van der Waals surface area contributed by atoms with Gasteiger partial charge in [0, 0.05) is 19.6 Å². The Kier molecular flexibility index (Phi) is 4.87. The van der Waals surface area contributed by atoms with E-state index in [0.29, 0.717) is 0 Å². The van der Waals surface area contributed by atoms with Gasteiger partial charge in [-0.05, 0) is 23.3 Å². The Labute approximate surface area is 126 Å². The SMILES string of the molecule is c1ccc(-c2cccc(OCCN3CCOCC3)c2)cc1. The highest BCUT2D eigenvalue weighted by Crippen LogP contribution is 2.23. The first-order valence-corrected chi connectivity index (χ1v) is 7.50. The van der Waals surface area contributed by atoms with E-state index in [0.717, 1.165) is 45.2 Å². The molecule has 0 radical (unpaired) electrons. The molecule has 0 bridgehead atoms. The summed E-state index contributed by atoms with van der Waals surface area (Å²) in [5.41, 5.74) is 2.41. The summed E-state index contributed by atoms with van der Waals surface area (Å²) in [6.45, 7) is 5.37. The summed E-state index contributed by atoms with van der Waals surface area (Å²) < 4.78 is 11.2. The number of morpholine rings is 1. The van der Waals surface area contributed by atoms with Crippen molar-refractivity contribution >= 4 is 0 Å². The van der Waals surface area contributed by atoms with Crippen LogP contribution in [0.25, 0.3) is 11.1 Å². The molecule has 3 heteroatoms. The summed E-state index contributed by atoms with van der Waals surface area (Å²) >= 11 is 0. The van der Waals surface area contributed by atoms with E-state index in [1.54, 1.807) is 0 Å². The number of hydrogen-bond acceptors (Lipinski definition) is 3. The lowest BCUT2D eigenvalue weighted by atomic mass is 10.1. The van der Waals surface area contributed by atoms with E-state index in [2.05, 4.69) is 41.3 Å². The third kappa shape index (κ3) is 4.06. The van der Waals surface area contributed by atoms with Gasteiger partial charge in [0.15, 0.2) is 0 Å². The lowest BCUT2D eigenvalue weighted by Crippen LogP contribution is -2.38. The van der Waals surface area contributed by atoms with Gasteiger partial charge in [0.2, 0.25) is 0 Å². The fraction of sp³-hybridized carbons (Fsp3) is 0.333. The molecule has 1 saturated heterocycles. The molecular formula is C18H21NO2. The normalized spacial score (nSPS) is 15.8. The van der Waals surface area contributed by atoms with Gasteiger partial charge in [-0.25, -0.2) is 0 Å². The molecule has 3 rings (SSSR count). The van der Waals surface area contributed by atoms with Crippen LogP contribution in [0.5, 0.6) is 5.75 Å². The lowest BCUT2D eigenvalue weighted by Gasteiger charge is -2.26. The van der Waals surface area contributed by atoms with Gasteiger partial charge in [-0.15, -0.1) is 0 Å². The molecule has 0 spiro atoms. The zero-order valence-electron chi connectivity index (χ0n) is 12.2. The highest BCUT2D eigenvalue weighted by molar-refractivity contribution is 5.64. The standard InChI is InChI=1S/C18H21NO2/c1-2-5-16(6-3-1)17-7-4-8-18(15-17)21-14-11-19-9-12-20-13-10-19/h1-8,15H,9-14H2. The second kappa shape index (κ2) is 7.25. The van der Waals surface area contributed by atoms with Crippen LogP contribution in [0.15, 0.2) is 54.6 Å². The van der Waals surface area contributed by atoms with Crippen LogP contribution in [-0.2, 0) is 4.74 Å². The molecule has 1 heterocycles. The maximum atomic E-state index is 5.89. The number of ether oxygens (including phenoxy) is 2. The van der Waals surface area contributed by atoms with Crippen molar-refractivity contribution < 1.29 is 9.47 Å². The van der Waals surface area contributed by atoms with Crippen molar-refractivity contribution in [1.82, 2.24) is 4.90 Å². The molecule has 0 aromatic heterocycles. The molecule has 2 aromatic carbocycles. The Bertz CT molecular complexity index is 550. The van der Waals surface area contributed by atoms with Crippen LogP contribution < -0.4 is 4.74 Å². The minimum Gasteiger partial charge on any atom is -0.492 e. The molecule has 1 fully saturated rings. The first-order valence-electron chi connectivity index (χ1n) is 7.50. The molecule has 1 aliphatic rings. The predicted molar refractivity (Wildman–Crippen MR) is 84.6 cm³/mol. The van der Waals surface area contributed by atoms with Crippen LogP contribution in [0.3, 0.4) is 0 Å². The van der Waals surface area contributed by atoms with Crippen LogP contribution in [0.2, 0.25) is 0 Å². The maximum absolute atomic E-state index is 5.89. The fourth-order valence-electron chi connectivity index (χ4n) is 2.51. The lowest BCUT2D eigenvalue weighted by molar-refractivity contribution is 0.0322. The topological polar surface area (TPSA) is 21.7 Å².